The third-order valence-corrected chi connectivity index (χ3v) is 6.67. The zero-order valence-electron chi connectivity index (χ0n) is 20.1. The van der Waals surface area contributed by atoms with Crippen LogP contribution in [-0.4, -0.2) is 34.9 Å². The smallest absolute Gasteiger partial charge is 0.280 e. The van der Waals surface area contributed by atoms with Crippen LogP contribution in [0.1, 0.15) is 113 Å². The van der Waals surface area contributed by atoms with Crippen molar-refractivity contribution < 1.29 is 19.6 Å². The number of aliphatic hydroxyl groups excluding tert-OH is 1. The molecule has 0 aliphatic heterocycles. The first-order chi connectivity index (χ1) is 16.0. The summed E-state index contributed by atoms with van der Waals surface area (Å²) >= 11 is 0. The lowest BCUT2D eigenvalue weighted by atomic mass is 9.91. The van der Waals surface area contributed by atoms with Crippen LogP contribution in [0.25, 0.3) is 0 Å². The minimum atomic E-state index is -0.503. The first kappa shape index (κ1) is 27.0. The lowest BCUT2D eigenvalue weighted by Crippen LogP contribution is -2.42. The molecule has 1 fully saturated rings. The molecule has 1 aromatic carbocycles. The number of aliphatic hydroxyl groups is 1. The maximum absolute atomic E-state index is 13.5. The highest BCUT2D eigenvalue weighted by molar-refractivity contribution is 5.97. The van der Waals surface area contributed by atoms with Gasteiger partial charge in [-0.15, -0.1) is 0 Å². The van der Waals surface area contributed by atoms with Gasteiger partial charge in [0.05, 0.1) is 10.5 Å². The third kappa shape index (κ3) is 7.91. The lowest BCUT2D eigenvalue weighted by Gasteiger charge is -2.36. The molecule has 7 heteroatoms. The summed E-state index contributed by atoms with van der Waals surface area (Å²) in [5, 5.41) is 20.6. The minimum absolute atomic E-state index is 0.0337. The molecule has 1 saturated carbocycles. The number of nitrogens with zero attached hydrogens (tertiary/aromatic N) is 2. The molecular weight excluding hydrogens is 420 g/mol. The molecule has 0 spiro atoms. The number of nitro benzene ring substituents is 1. The standard InChI is InChI=1S/C26H40N2O5/c1-2-3-4-10-15-22-23(20-30)25(28(32)33)18-17-24(22)27(21-13-8-7-9-14-21)26(31)16-11-5-6-12-19-29/h17-18,20-21,29H,2-16,19H2,1H3. The van der Waals surface area contributed by atoms with Gasteiger partial charge in [0.25, 0.3) is 5.69 Å². The molecule has 0 atom stereocenters. The van der Waals surface area contributed by atoms with Crippen LogP contribution in [-0.2, 0) is 11.2 Å². The average Bonchev–Trinajstić information content (AvgIpc) is 2.82. The van der Waals surface area contributed by atoms with Crippen molar-refractivity contribution in [3.05, 3.63) is 33.4 Å². The molecule has 0 saturated heterocycles. The van der Waals surface area contributed by atoms with E-state index in [1.165, 1.54) is 6.07 Å². The minimum Gasteiger partial charge on any atom is -0.396 e. The van der Waals surface area contributed by atoms with E-state index in [0.29, 0.717) is 30.4 Å². The Morgan fingerprint density at radius 1 is 1.09 bits per heavy atom. The number of hydrogen-bond donors (Lipinski definition) is 1. The summed E-state index contributed by atoms with van der Waals surface area (Å²) in [6, 6.07) is 3.15. The van der Waals surface area contributed by atoms with Crippen LogP contribution in [0.2, 0.25) is 0 Å². The number of unbranched alkanes of at least 4 members (excludes halogenated alkanes) is 6. The van der Waals surface area contributed by atoms with Crippen molar-refractivity contribution in [1.29, 1.82) is 0 Å². The Labute approximate surface area is 197 Å². The Hall–Kier alpha value is -2.28. The van der Waals surface area contributed by atoms with Gasteiger partial charge in [0.15, 0.2) is 6.29 Å². The fourth-order valence-corrected chi connectivity index (χ4v) is 4.88. The first-order valence-corrected chi connectivity index (χ1v) is 12.7. The molecule has 0 heterocycles. The summed E-state index contributed by atoms with van der Waals surface area (Å²) in [6.07, 6.45) is 13.9. The summed E-state index contributed by atoms with van der Waals surface area (Å²) in [5.41, 5.74) is 1.27. The summed E-state index contributed by atoms with van der Waals surface area (Å²) < 4.78 is 0. The molecule has 0 radical (unpaired) electrons. The monoisotopic (exact) mass is 460 g/mol. The molecule has 184 valence electrons. The quantitative estimate of drug-likeness (QED) is 0.147. The highest BCUT2D eigenvalue weighted by Gasteiger charge is 2.31. The van der Waals surface area contributed by atoms with Crippen molar-refractivity contribution in [2.24, 2.45) is 0 Å². The van der Waals surface area contributed by atoms with Crippen molar-refractivity contribution >= 4 is 23.6 Å². The second kappa shape index (κ2) is 14.8. The zero-order chi connectivity index (χ0) is 24.1. The molecule has 7 nitrogen and oxygen atoms in total. The Kier molecular flexibility index (Phi) is 12.1. The van der Waals surface area contributed by atoms with Crippen molar-refractivity contribution in [2.45, 2.75) is 109 Å². The summed E-state index contributed by atoms with van der Waals surface area (Å²) in [5.74, 6) is 0.0337. The van der Waals surface area contributed by atoms with Gasteiger partial charge >= 0.3 is 0 Å². The Morgan fingerprint density at radius 2 is 1.79 bits per heavy atom. The van der Waals surface area contributed by atoms with Crippen LogP contribution >= 0.6 is 0 Å². The van der Waals surface area contributed by atoms with E-state index < -0.39 is 4.92 Å². The van der Waals surface area contributed by atoms with Gasteiger partial charge in [-0.3, -0.25) is 19.7 Å². The van der Waals surface area contributed by atoms with E-state index in [9.17, 15) is 19.7 Å². The number of benzene rings is 1. The van der Waals surface area contributed by atoms with Crippen molar-refractivity contribution in [2.75, 3.05) is 11.5 Å². The van der Waals surface area contributed by atoms with Gasteiger partial charge in [-0.2, -0.15) is 0 Å². The van der Waals surface area contributed by atoms with Crippen LogP contribution in [0.15, 0.2) is 12.1 Å². The third-order valence-electron chi connectivity index (χ3n) is 6.67. The predicted octanol–water partition coefficient (Wildman–Crippen LogP) is 6.14. The molecule has 1 aromatic rings. The fraction of sp³-hybridized carbons (Fsp3) is 0.692. The number of carbonyl (C=O) groups excluding carboxylic acids is 2. The van der Waals surface area contributed by atoms with E-state index in [1.807, 2.05) is 4.90 Å². The van der Waals surface area contributed by atoms with E-state index in [2.05, 4.69) is 6.92 Å². The molecule has 1 aliphatic carbocycles. The van der Waals surface area contributed by atoms with Gasteiger partial charge < -0.3 is 10.0 Å². The molecule has 1 aliphatic rings. The van der Waals surface area contributed by atoms with Crippen molar-refractivity contribution in [3.8, 4) is 0 Å². The van der Waals surface area contributed by atoms with Crippen LogP contribution in [0.3, 0.4) is 0 Å². The molecular formula is C26H40N2O5. The van der Waals surface area contributed by atoms with Crippen LogP contribution in [0.5, 0.6) is 0 Å². The number of amides is 1. The first-order valence-electron chi connectivity index (χ1n) is 12.7. The fourth-order valence-electron chi connectivity index (χ4n) is 4.88. The van der Waals surface area contributed by atoms with E-state index in [1.54, 1.807) is 6.07 Å². The molecule has 0 bridgehead atoms. The number of anilines is 1. The Morgan fingerprint density at radius 3 is 2.42 bits per heavy atom. The predicted molar refractivity (Wildman–Crippen MR) is 131 cm³/mol. The van der Waals surface area contributed by atoms with Gasteiger partial charge in [0.1, 0.15) is 0 Å². The zero-order valence-corrected chi connectivity index (χ0v) is 20.1. The maximum Gasteiger partial charge on any atom is 0.280 e. The van der Waals surface area contributed by atoms with E-state index in [4.69, 9.17) is 5.11 Å². The highest BCUT2D eigenvalue weighted by Crippen LogP contribution is 2.36. The number of carbonyl (C=O) groups is 2. The van der Waals surface area contributed by atoms with E-state index in [-0.39, 0.29) is 29.8 Å². The second-order valence-corrected chi connectivity index (χ2v) is 9.13. The topological polar surface area (TPSA) is 101 Å². The molecule has 2 rings (SSSR count). The molecule has 0 aromatic heterocycles. The molecule has 33 heavy (non-hydrogen) atoms. The van der Waals surface area contributed by atoms with E-state index >= 15 is 0 Å². The molecule has 1 N–H and O–H groups in total. The van der Waals surface area contributed by atoms with Gasteiger partial charge in [-0.1, -0.05) is 58.3 Å². The summed E-state index contributed by atoms with van der Waals surface area (Å²) in [7, 11) is 0. The van der Waals surface area contributed by atoms with Crippen LogP contribution < -0.4 is 4.90 Å². The van der Waals surface area contributed by atoms with Gasteiger partial charge in [0, 0.05) is 30.8 Å². The SMILES string of the molecule is CCCCCCc1c(N(C(=O)CCCCCCO)C2CCCCC2)ccc([N+](=O)[O-])c1C=O. The number of aldehydes is 1. The normalized spacial score (nSPS) is 14.2. The van der Waals surface area contributed by atoms with Crippen LogP contribution in [0.4, 0.5) is 11.4 Å². The van der Waals surface area contributed by atoms with Crippen molar-refractivity contribution in [3.63, 3.8) is 0 Å². The second-order valence-electron chi connectivity index (χ2n) is 9.13. The Bertz CT molecular complexity index is 774. The molecule has 0 unspecified atom stereocenters. The summed E-state index contributed by atoms with van der Waals surface area (Å²) in [6.45, 7) is 2.29. The average molecular weight is 461 g/mol. The Balaban J connectivity index is 2.40. The van der Waals surface area contributed by atoms with Gasteiger partial charge in [-0.05, 0) is 50.2 Å². The van der Waals surface area contributed by atoms with Gasteiger partial charge in [0.2, 0.25) is 5.91 Å². The highest BCUT2D eigenvalue weighted by atomic mass is 16.6. The number of hydrogen-bond acceptors (Lipinski definition) is 5. The van der Waals surface area contributed by atoms with Crippen molar-refractivity contribution in [1.82, 2.24) is 0 Å². The lowest BCUT2D eigenvalue weighted by molar-refractivity contribution is -0.385. The van der Waals surface area contributed by atoms with Gasteiger partial charge in [-0.25, -0.2) is 0 Å². The number of rotatable bonds is 15. The largest absolute Gasteiger partial charge is 0.396 e. The molecule has 1 amide bonds. The maximum atomic E-state index is 13.5. The van der Waals surface area contributed by atoms with E-state index in [0.717, 1.165) is 83.5 Å². The van der Waals surface area contributed by atoms with Crippen LogP contribution in [0, 0.1) is 10.1 Å². The summed E-state index contributed by atoms with van der Waals surface area (Å²) in [4.78, 5) is 38.5. The number of nitro groups is 1.